The predicted octanol–water partition coefficient (Wildman–Crippen LogP) is 3.17. The number of hydrogen-bond acceptors (Lipinski definition) is 3. The van der Waals surface area contributed by atoms with Crippen molar-refractivity contribution in [1.82, 2.24) is 5.32 Å². The standard InChI is InChI=1S/C15H22BrNO3/c1-9(2)10(3)17-15(18)7-11-6-13(19-4)14(20-5)8-12(11)16/h6,8-10H,7H2,1-5H3,(H,17,18). The lowest BCUT2D eigenvalue weighted by molar-refractivity contribution is -0.121. The minimum atomic E-state index is -0.000815. The first kappa shape index (κ1) is 16.8. The van der Waals surface area contributed by atoms with E-state index in [0.717, 1.165) is 10.0 Å². The SMILES string of the molecule is COc1cc(Br)c(CC(=O)NC(C)C(C)C)cc1OC. The van der Waals surface area contributed by atoms with Gasteiger partial charge >= 0.3 is 0 Å². The van der Waals surface area contributed by atoms with Gasteiger partial charge in [0.15, 0.2) is 11.5 Å². The third-order valence-electron chi connectivity index (χ3n) is 3.29. The molecule has 1 rings (SSSR count). The Morgan fingerprint density at radius 1 is 1.20 bits per heavy atom. The Balaban J connectivity index is 2.84. The van der Waals surface area contributed by atoms with E-state index in [1.807, 2.05) is 19.1 Å². The second-order valence-electron chi connectivity index (χ2n) is 5.08. The normalized spacial score (nSPS) is 12.2. The van der Waals surface area contributed by atoms with Crippen LogP contribution in [-0.2, 0) is 11.2 Å². The second kappa shape index (κ2) is 7.53. The Kier molecular flexibility index (Phi) is 6.33. The number of benzene rings is 1. The van der Waals surface area contributed by atoms with E-state index in [1.165, 1.54) is 0 Å². The monoisotopic (exact) mass is 343 g/mol. The molecule has 0 bridgehead atoms. The van der Waals surface area contributed by atoms with Crippen LogP contribution < -0.4 is 14.8 Å². The molecule has 0 saturated heterocycles. The van der Waals surface area contributed by atoms with Gasteiger partial charge in [0.25, 0.3) is 0 Å². The molecule has 0 radical (unpaired) electrons. The summed E-state index contributed by atoms with van der Waals surface area (Å²) in [4.78, 5) is 12.0. The van der Waals surface area contributed by atoms with Gasteiger partial charge in [0.1, 0.15) is 0 Å². The highest BCUT2D eigenvalue weighted by molar-refractivity contribution is 9.10. The third-order valence-corrected chi connectivity index (χ3v) is 4.03. The van der Waals surface area contributed by atoms with Gasteiger partial charge in [0.05, 0.1) is 20.6 Å². The summed E-state index contributed by atoms with van der Waals surface area (Å²) in [6.07, 6.45) is 0.304. The summed E-state index contributed by atoms with van der Waals surface area (Å²) >= 11 is 3.46. The highest BCUT2D eigenvalue weighted by Crippen LogP contribution is 2.33. The van der Waals surface area contributed by atoms with E-state index in [9.17, 15) is 4.79 Å². The molecule has 1 unspecified atom stereocenters. The van der Waals surface area contributed by atoms with Gasteiger partial charge in [-0.3, -0.25) is 4.79 Å². The first-order chi connectivity index (χ1) is 9.38. The average molecular weight is 344 g/mol. The lowest BCUT2D eigenvalue weighted by Gasteiger charge is -2.18. The number of hydrogen-bond donors (Lipinski definition) is 1. The Hall–Kier alpha value is -1.23. The van der Waals surface area contributed by atoms with Gasteiger partial charge in [0.2, 0.25) is 5.91 Å². The number of methoxy groups -OCH3 is 2. The first-order valence-corrected chi connectivity index (χ1v) is 7.38. The molecule has 0 fully saturated rings. The molecule has 0 aromatic heterocycles. The predicted molar refractivity (Wildman–Crippen MR) is 83.4 cm³/mol. The third kappa shape index (κ3) is 4.40. The fourth-order valence-electron chi connectivity index (χ4n) is 1.68. The molecular formula is C15H22BrNO3. The van der Waals surface area contributed by atoms with Crippen molar-refractivity contribution >= 4 is 21.8 Å². The Morgan fingerprint density at radius 3 is 2.25 bits per heavy atom. The first-order valence-electron chi connectivity index (χ1n) is 6.58. The van der Waals surface area contributed by atoms with E-state index < -0.39 is 0 Å². The quantitative estimate of drug-likeness (QED) is 0.862. The maximum absolute atomic E-state index is 12.0. The minimum Gasteiger partial charge on any atom is -0.493 e. The van der Waals surface area contributed by atoms with Crippen LogP contribution in [-0.4, -0.2) is 26.2 Å². The summed E-state index contributed by atoms with van der Waals surface area (Å²) in [7, 11) is 3.16. The summed E-state index contributed by atoms with van der Waals surface area (Å²) in [5.41, 5.74) is 0.871. The Bertz CT molecular complexity index is 474. The average Bonchev–Trinajstić information content (AvgIpc) is 2.40. The summed E-state index contributed by atoms with van der Waals surface area (Å²) in [6, 6.07) is 3.79. The fraction of sp³-hybridized carbons (Fsp3) is 0.533. The van der Waals surface area contributed by atoms with Crippen LogP contribution in [0, 0.1) is 5.92 Å². The van der Waals surface area contributed by atoms with Gasteiger partial charge < -0.3 is 14.8 Å². The lowest BCUT2D eigenvalue weighted by Crippen LogP contribution is -2.37. The number of amides is 1. The molecule has 0 aliphatic carbocycles. The molecule has 0 aliphatic heterocycles. The summed E-state index contributed by atoms with van der Waals surface area (Å²) in [5.74, 6) is 1.67. The van der Waals surface area contributed by atoms with Crippen LogP contribution in [0.4, 0.5) is 0 Å². The van der Waals surface area contributed by atoms with Gasteiger partial charge in [0, 0.05) is 10.5 Å². The van der Waals surface area contributed by atoms with Crippen molar-refractivity contribution in [1.29, 1.82) is 0 Å². The van der Waals surface area contributed by atoms with E-state index in [2.05, 4.69) is 35.1 Å². The summed E-state index contributed by atoms with van der Waals surface area (Å²) in [5, 5.41) is 2.99. The molecule has 1 N–H and O–H groups in total. The van der Waals surface area contributed by atoms with Gasteiger partial charge in [-0.1, -0.05) is 29.8 Å². The molecule has 0 spiro atoms. The zero-order chi connectivity index (χ0) is 15.3. The number of carbonyl (C=O) groups is 1. The van der Waals surface area contributed by atoms with Crippen LogP contribution >= 0.6 is 15.9 Å². The van der Waals surface area contributed by atoms with Crippen molar-refractivity contribution in [2.75, 3.05) is 14.2 Å². The van der Waals surface area contributed by atoms with Crippen LogP contribution in [0.3, 0.4) is 0 Å². The van der Waals surface area contributed by atoms with E-state index >= 15 is 0 Å². The van der Waals surface area contributed by atoms with Gasteiger partial charge in [-0.05, 0) is 30.5 Å². The van der Waals surface area contributed by atoms with Crippen LogP contribution in [0.1, 0.15) is 26.3 Å². The van der Waals surface area contributed by atoms with Gasteiger partial charge in [-0.2, -0.15) is 0 Å². The fourth-order valence-corrected chi connectivity index (χ4v) is 2.14. The maximum atomic E-state index is 12.0. The zero-order valence-electron chi connectivity index (χ0n) is 12.6. The van der Waals surface area contributed by atoms with E-state index in [4.69, 9.17) is 9.47 Å². The molecule has 1 aromatic carbocycles. The molecule has 112 valence electrons. The highest BCUT2D eigenvalue weighted by atomic mass is 79.9. The van der Waals surface area contributed by atoms with Crippen molar-refractivity contribution < 1.29 is 14.3 Å². The largest absolute Gasteiger partial charge is 0.493 e. The molecule has 0 saturated carbocycles. The van der Waals surface area contributed by atoms with Gasteiger partial charge in [-0.25, -0.2) is 0 Å². The van der Waals surface area contributed by atoms with Gasteiger partial charge in [-0.15, -0.1) is 0 Å². The van der Waals surface area contributed by atoms with Crippen LogP contribution in [0.2, 0.25) is 0 Å². The van der Waals surface area contributed by atoms with E-state index in [0.29, 0.717) is 23.8 Å². The lowest BCUT2D eigenvalue weighted by atomic mass is 10.1. The number of carbonyl (C=O) groups excluding carboxylic acids is 1. The van der Waals surface area contributed by atoms with Crippen molar-refractivity contribution in [2.45, 2.75) is 33.2 Å². The molecular weight excluding hydrogens is 322 g/mol. The smallest absolute Gasteiger partial charge is 0.224 e. The second-order valence-corrected chi connectivity index (χ2v) is 5.93. The molecule has 4 nitrogen and oxygen atoms in total. The van der Waals surface area contributed by atoms with Crippen molar-refractivity contribution in [3.63, 3.8) is 0 Å². The summed E-state index contributed by atoms with van der Waals surface area (Å²) < 4.78 is 11.3. The number of rotatable bonds is 6. The Morgan fingerprint density at radius 2 is 1.75 bits per heavy atom. The molecule has 1 aromatic rings. The Labute approximate surface area is 129 Å². The number of nitrogens with one attached hydrogen (secondary N) is 1. The van der Waals surface area contributed by atoms with Crippen LogP contribution in [0.15, 0.2) is 16.6 Å². The molecule has 1 atom stereocenters. The zero-order valence-corrected chi connectivity index (χ0v) is 14.2. The topological polar surface area (TPSA) is 47.6 Å². The highest BCUT2D eigenvalue weighted by Gasteiger charge is 2.15. The number of halogens is 1. The maximum Gasteiger partial charge on any atom is 0.224 e. The molecule has 0 heterocycles. The number of ether oxygens (including phenoxy) is 2. The summed E-state index contributed by atoms with van der Waals surface area (Å²) in [6.45, 7) is 6.17. The van der Waals surface area contributed by atoms with Crippen LogP contribution in [0.25, 0.3) is 0 Å². The molecule has 20 heavy (non-hydrogen) atoms. The molecule has 5 heteroatoms. The molecule has 0 aliphatic rings. The van der Waals surface area contributed by atoms with Crippen molar-refractivity contribution in [2.24, 2.45) is 5.92 Å². The van der Waals surface area contributed by atoms with Crippen molar-refractivity contribution in [3.05, 3.63) is 22.2 Å². The van der Waals surface area contributed by atoms with E-state index in [1.54, 1.807) is 14.2 Å². The van der Waals surface area contributed by atoms with E-state index in [-0.39, 0.29) is 11.9 Å². The van der Waals surface area contributed by atoms with Crippen molar-refractivity contribution in [3.8, 4) is 11.5 Å². The van der Waals surface area contributed by atoms with Crippen LogP contribution in [0.5, 0.6) is 11.5 Å². The minimum absolute atomic E-state index is 0.000815. The molecule has 1 amide bonds.